The van der Waals surface area contributed by atoms with Crippen LogP contribution in [0.4, 0.5) is 0 Å². The predicted octanol–water partition coefficient (Wildman–Crippen LogP) is 4.17. The van der Waals surface area contributed by atoms with Gasteiger partial charge in [0.2, 0.25) is 0 Å². The summed E-state index contributed by atoms with van der Waals surface area (Å²) in [6.07, 6.45) is 8.89. The fraction of sp³-hybridized carbons (Fsp3) is 0.625. The van der Waals surface area contributed by atoms with E-state index in [1.807, 2.05) is 4.90 Å². The Morgan fingerprint density at radius 1 is 1.45 bits per heavy atom. The van der Waals surface area contributed by atoms with Crippen molar-refractivity contribution in [1.29, 1.82) is 0 Å². The van der Waals surface area contributed by atoms with Gasteiger partial charge in [-0.3, -0.25) is 9.78 Å². The number of aromatic nitrogens is 1. The van der Waals surface area contributed by atoms with Gasteiger partial charge in [0, 0.05) is 25.0 Å². The van der Waals surface area contributed by atoms with E-state index in [2.05, 4.69) is 18.8 Å². The van der Waals surface area contributed by atoms with Crippen LogP contribution in [0, 0.1) is 5.92 Å². The first-order valence-electron chi connectivity index (χ1n) is 7.50. The SMILES string of the molecule is CC(C)CCN(C(=O)c1ccncc1Cl)C1CCCC1. The quantitative estimate of drug-likeness (QED) is 0.817. The van der Waals surface area contributed by atoms with Crippen molar-refractivity contribution in [2.24, 2.45) is 5.92 Å². The molecule has 0 spiro atoms. The van der Waals surface area contributed by atoms with Gasteiger partial charge in [0.25, 0.3) is 5.91 Å². The first-order chi connectivity index (χ1) is 9.59. The second-order valence-corrected chi connectivity index (χ2v) is 6.38. The monoisotopic (exact) mass is 294 g/mol. The molecular weight excluding hydrogens is 272 g/mol. The van der Waals surface area contributed by atoms with Crippen molar-refractivity contribution < 1.29 is 4.79 Å². The van der Waals surface area contributed by atoms with Crippen LogP contribution < -0.4 is 0 Å². The Bertz CT molecular complexity index is 456. The molecule has 0 aromatic carbocycles. The molecule has 0 unspecified atom stereocenters. The highest BCUT2D eigenvalue weighted by atomic mass is 35.5. The normalized spacial score (nSPS) is 15.8. The van der Waals surface area contributed by atoms with Gasteiger partial charge in [0.05, 0.1) is 10.6 Å². The molecule has 110 valence electrons. The van der Waals surface area contributed by atoms with E-state index in [0.29, 0.717) is 22.5 Å². The highest BCUT2D eigenvalue weighted by Crippen LogP contribution is 2.27. The molecule has 1 aliphatic rings. The van der Waals surface area contributed by atoms with Crippen LogP contribution in [-0.4, -0.2) is 28.4 Å². The largest absolute Gasteiger partial charge is 0.336 e. The Hall–Kier alpha value is -1.09. The number of carbonyl (C=O) groups excluding carboxylic acids is 1. The molecule has 20 heavy (non-hydrogen) atoms. The lowest BCUT2D eigenvalue weighted by Crippen LogP contribution is -2.40. The Labute approximate surface area is 126 Å². The Morgan fingerprint density at radius 3 is 2.75 bits per heavy atom. The van der Waals surface area contributed by atoms with Gasteiger partial charge in [-0.25, -0.2) is 0 Å². The van der Waals surface area contributed by atoms with Crippen molar-refractivity contribution in [3.8, 4) is 0 Å². The maximum Gasteiger partial charge on any atom is 0.255 e. The Balaban J connectivity index is 2.16. The molecule has 0 bridgehead atoms. The Morgan fingerprint density at radius 2 is 2.15 bits per heavy atom. The standard InChI is InChI=1S/C16H23ClN2O/c1-12(2)8-10-19(13-5-3-4-6-13)16(20)14-7-9-18-11-15(14)17/h7,9,11-13H,3-6,8,10H2,1-2H3. The van der Waals surface area contributed by atoms with Crippen molar-refractivity contribution in [3.63, 3.8) is 0 Å². The van der Waals surface area contributed by atoms with Gasteiger partial charge in [0.1, 0.15) is 0 Å². The topological polar surface area (TPSA) is 33.2 Å². The zero-order valence-electron chi connectivity index (χ0n) is 12.3. The lowest BCUT2D eigenvalue weighted by Gasteiger charge is -2.30. The summed E-state index contributed by atoms with van der Waals surface area (Å²) in [5.41, 5.74) is 0.581. The summed E-state index contributed by atoms with van der Waals surface area (Å²) in [6.45, 7) is 5.20. The molecule has 1 aromatic rings. The highest BCUT2D eigenvalue weighted by Gasteiger charge is 2.28. The second-order valence-electron chi connectivity index (χ2n) is 5.97. The summed E-state index contributed by atoms with van der Waals surface area (Å²) >= 11 is 6.12. The lowest BCUT2D eigenvalue weighted by molar-refractivity contribution is 0.0672. The zero-order chi connectivity index (χ0) is 14.5. The molecule has 0 aliphatic heterocycles. The summed E-state index contributed by atoms with van der Waals surface area (Å²) in [7, 11) is 0. The van der Waals surface area contributed by atoms with Crippen LogP contribution >= 0.6 is 11.6 Å². The van der Waals surface area contributed by atoms with Crippen LogP contribution in [0.2, 0.25) is 5.02 Å². The molecule has 4 heteroatoms. The highest BCUT2D eigenvalue weighted by molar-refractivity contribution is 6.33. The third-order valence-corrected chi connectivity index (χ3v) is 4.28. The van der Waals surface area contributed by atoms with Crippen LogP contribution in [0.15, 0.2) is 18.5 Å². The molecule has 0 radical (unpaired) electrons. The minimum Gasteiger partial charge on any atom is -0.336 e. The number of hydrogen-bond donors (Lipinski definition) is 0. The second kappa shape index (κ2) is 7.07. The van der Waals surface area contributed by atoms with Crippen molar-refractivity contribution in [2.75, 3.05) is 6.54 Å². The molecule has 2 rings (SSSR count). The van der Waals surface area contributed by atoms with Gasteiger partial charge >= 0.3 is 0 Å². The third-order valence-electron chi connectivity index (χ3n) is 3.98. The number of hydrogen-bond acceptors (Lipinski definition) is 2. The first-order valence-corrected chi connectivity index (χ1v) is 7.88. The van der Waals surface area contributed by atoms with Crippen LogP contribution in [-0.2, 0) is 0 Å². The minimum atomic E-state index is 0.0601. The van der Waals surface area contributed by atoms with E-state index in [1.54, 1.807) is 18.5 Å². The first kappa shape index (κ1) is 15.3. The van der Waals surface area contributed by atoms with Crippen LogP contribution in [0.5, 0.6) is 0 Å². The number of halogens is 1. The molecule has 1 aliphatic carbocycles. The molecule has 1 heterocycles. The van der Waals surface area contributed by atoms with Gasteiger partial charge in [-0.05, 0) is 31.2 Å². The van der Waals surface area contributed by atoms with Crippen molar-refractivity contribution in [3.05, 3.63) is 29.0 Å². The van der Waals surface area contributed by atoms with E-state index >= 15 is 0 Å². The summed E-state index contributed by atoms with van der Waals surface area (Å²) in [5.74, 6) is 0.657. The maximum atomic E-state index is 12.8. The zero-order valence-corrected chi connectivity index (χ0v) is 13.1. The van der Waals surface area contributed by atoms with E-state index in [1.165, 1.54) is 12.8 Å². The number of rotatable bonds is 5. The van der Waals surface area contributed by atoms with E-state index < -0.39 is 0 Å². The summed E-state index contributed by atoms with van der Waals surface area (Å²) in [5, 5.41) is 0.449. The lowest BCUT2D eigenvalue weighted by atomic mass is 10.1. The molecule has 0 atom stereocenters. The van der Waals surface area contributed by atoms with Crippen molar-refractivity contribution in [1.82, 2.24) is 9.88 Å². The minimum absolute atomic E-state index is 0.0601. The average Bonchev–Trinajstić information content (AvgIpc) is 2.93. The molecule has 3 nitrogen and oxygen atoms in total. The fourth-order valence-corrected chi connectivity index (χ4v) is 2.97. The molecule has 1 fully saturated rings. The summed E-state index contributed by atoms with van der Waals surface area (Å²) in [6, 6.07) is 2.10. The van der Waals surface area contributed by atoms with Gasteiger partial charge in [-0.2, -0.15) is 0 Å². The van der Waals surface area contributed by atoms with Crippen LogP contribution in [0.3, 0.4) is 0 Å². The number of carbonyl (C=O) groups is 1. The van der Waals surface area contributed by atoms with E-state index in [9.17, 15) is 4.79 Å². The van der Waals surface area contributed by atoms with E-state index in [4.69, 9.17) is 11.6 Å². The van der Waals surface area contributed by atoms with Crippen molar-refractivity contribution in [2.45, 2.75) is 52.0 Å². The van der Waals surface area contributed by atoms with Gasteiger partial charge in [-0.1, -0.05) is 38.3 Å². The third kappa shape index (κ3) is 3.72. The number of pyridine rings is 1. The smallest absolute Gasteiger partial charge is 0.255 e. The number of amides is 1. The average molecular weight is 295 g/mol. The summed E-state index contributed by atoms with van der Waals surface area (Å²) in [4.78, 5) is 18.8. The molecule has 1 saturated carbocycles. The van der Waals surface area contributed by atoms with Gasteiger partial charge < -0.3 is 4.90 Å². The Kier molecular flexibility index (Phi) is 5.41. The van der Waals surface area contributed by atoms with Crippen LogP contribution in [0.1, 0.15) is 56.3 Å². The van der Waals surface area contributed by atoms with Crippen LogP contribution in [0.25, 0.3) is 0 Å². The fourth-order valence-electron chi connectivity index (χ4n) is 2.77. The predicted molar refractivity (Wildman–Crippen MR) is 82.0 cm³/mol. The van der Waals surface area contributed by atoms with Crippen molar-refractivity contribution >= 4 is 17.5 Å². The number of nitrogens with zero attached hydrogens (tertiary/aromatic N) is 2. The molecule has 1 aromatic heterocycles. The van der Waals surface area contributed by atoms with E-state index in [-0.39, 0.29) is 5.91 Å². The van der Waals surface area contributed by atoms with Gasteiger partial charge in [0.15, 0.2) is 0 Å². The molecule has 0 N–H and O–H groups in total. The maximum absolute atomic E-state index is 12.8. The van der Waals surface area contributed by atoms with E-state index in [0.717, 1.165) is 25.8 Å². The van der Waals surface area contributed by atoms with Gasteiger partial charge in [-0.15, -0.1) is 0 Å². The molecular formula is C16H23ClN2O. The molecule has 0 saturated heterocycles. The molecule has 1 amide bonds. The summed E-state index contributed by atoms with van der Waals surface area (Å²) < 4.78 is 0.